The average molecular weight is 749 g/mol. The van der Waals surface area contributed by atoms with E-state index in [0.717, 1.165) is 38.5 Å². The number of ether oxygens (including phenoxy) is 6. The molecule has 2 aliphatic heterocycles. The predicted molar refractivity (Wildman–Crippen MR) is 192 cm³/mol. The lowest BCUT2D eigenvalue weighted by molar-refractivity contribution is -0.332. The molecule has 0 aromatic heterocycles. The van der Waals surface area contributed by atoms with Gasteiger partial charge < -0.3 is 64.2 Å². The molecule has 304 valence electrons. The van der Waals surface area contributed by atoms with Gasteiger partial charge in [-0.25, -0.2) is 0 Å². The smallest absolute Gasteiger partial charge is 0.306 e. The van der Waals surface area contributed by atoms with Gasteiger partial charge in [-0.05, 0) is 44.9 Å². The minimum Gasteiger partial charge on any atom is -0.457 e. The van der Waals surface area contributed by atoms with Gasteiger partial charge in [-0.15, -0.1) is 0 Å². The summed E-state index contributed by atoms with van der Waals surface area (Å²) in [7, 11) is 0. The molecule has 0 aliphatic carbocycles. The number of allylic oxidation sites excluding steroid dienone is 4. The number of hydrogen-bond donors (Lipinski definition) is 7. The number of aliphatic hydroxyl groups excluding tert-OH is 7. The molecule has 0 amide bonds. The van der Waals surface area contributed by atoms with Crippen molar-refractivity contribution in [1.82, 2.24) is 0 Å². The first-order chi connectivity index (χ1) is 25.1. The second-order valence-corrected chi connectivity index (χ2v) is 13.8. The molecule has 2 fully saturated rings. The van der Waals surface area contributed by atoms with E-state index in [1.54, 1.807) is 0 Å². The van der Waals surface area contributed by atoms with E-state index in [1.807, 2.05) is 6.92 Å². The van der Waals surface area contributed by atoms with Crippen molar-refractivity contribution in [3.05, 3.63) is 24.3 Å². The van der Waals surface area contributed by atoms with Gasteiger partial charge in [-0.1, -0.05) is 83.1 Å². The highest BCUT2D eigenvalue weighted by Crippen LogP contribution is 2.26. The molecule has 2 saturated heterocycles. The fourth-order valence-electron chi connectivity index (χ4n) is 5.94. The highest BCUT2D eigenvalue weighted by atomic mass is 16.7. The monoisotopic (exact) mass is 748 g/mol. The molecule has 0 radical (unpaired) electrons. The Balaban J connectivity index is 1.69. The standard InChI is InChI=1S/C38H68O14/c1-3-5-6-7-8-9-10-11-12-13-14-15-16-17-18-19-20-22-47-24-27(50-30(40)21-4-2)25-48-37-36(46)34(44)32(42)29(52-37)26-49-38-35(45)33(43)31(41)28(23-39)51-38/h9-10,12-13,27-29,31-39,41-46H,3-8,11,14-26H2,1-2H3/b10-9-,13-12-. The Morgan fingerprint density at radius 2 is 1.19 bits per heavy atom. The van der Waals surface area contributed by atoms with Crippen LogP contribution in [-0.4, -0.2) is 142 Å². The maximum atomic E-state index is 12.3. The number of carbonyl (C=O) groups excluding carboxylic acids is 1. The van der Waals surface area contributed by atoms with Gasteiger partial charge >= 0.3 is 5.97 Å². The fraction of sp³-hybridized carbons (Fsp3) is 0.868. The first-order valence-electron chi connectivity index (χ1n) is 19.4. The van der Waals surface area contributed by atoms with Crippen LogP contribution in [-0.2, 0) is 33.2 Å². The molecule has 0 saturated carbocycles. The van der Waals surface area contributed by atoms with Crippen molar-refractivity contribution in [2.45, 2.75) is 178 Å². The topological polar surface area (TPSA) is 214 Å². The van der Waals surface area contributed by atoms with Crippen LogP contribution in [0.2, 0.25) is 0 Å². The van der Waals surface area contributed by atoms with Crippen molar-refractivity contribution in [3.8, 4) is 0 Å². The Kier molecular flexibility index (Phi) is 25.1. The van der Waals surface area contributed by atoms with E-state index in [9.17, 15) is 40.5 Å². The van der Waals surface area contributed by atoms with Gasteiger partial charge in [0.05, 0.1) is 26.4 Å². The summed E-state index contributed by atoms with van der Waals surface area (Å²) in [6.07, 6.45) is 8.71. The second kappa shape index (κ2) is 28.0. The highest BCUT2D eigenvalue weighted by Gasteiger charge is 2.47. The van der Waals surface area contributed by atoms with Gasteiger partial charge in [0.25, 0.3) is 0 Å². The van der Waals surface area contributed by atoms with E-state index in [0.29, 0.717) is 13.0 Å². The van der Waals surface area contributed by atoms with E-state index >= 15 is 0 Å². The van der Waals surface area contributed by atoms with Crippen LogP contribution >= 0.6 is 0 Å². The average Bonchev–Trinajstić information content (AvgIpc) is 3.13. The van der Waals surface area contributed by atoms with Gasteiger partial charge in [0.15, 0.2) is 12.6 Å². The lowest BCUT2D eigenvalue weighted by Crippen LogP contribution is -2.61. The molecule has 14 heteroatoms. The number of carbonyl (C=O) groups is 1. The number of esters is 1. The van der Waals surface area contributed by atoms with Gasteiger partial charge in [0.2, 0.25) is 0 Å². The maximum absolute atomic E-state index is 12.3. The molecule has 11 unspecified atom stereocenters. The SMILES string of the molecule is CCCCCC/C=C\C/C=C\CCCCCCCCOCC(COC1OC(COC2OC(CO)C(O)C(O)C2O)C(O)C(O)C1O)OC(=O)CCC. The molecule has 14 nitrogen and oxygen atoms in total. The summed E-state index contributed by atoms with van der Waals surface area (Å²) >= 11 is 0. The molecule has 11 atom stereocenters. The van der Waals surface area contributed by atoms with Crippen LogP contribution in [0.25, 0.3) is 0 Å². The Morgan fingerprint density at radius 3 is 1.81 bits per heavy atom. The largest absolute Gasteiger partial charge is 0.457 e. The van der Waals surface area contributed by atoms with Crippen LogP contribution < -0.4 is 0 Å². The Hall–Kier alpha value is -1.53. The summed E-state index contributed by atoms with van der Waals surface area (Å²) in [6.45, 7) is 3.23. The zero-order valence-electron chi connectivity index (χ0n) is 31.3. The van der Waals surface area contributed by atoms with Crippen LogP contribution in [0.4, 0.5) is 0 Å². The Labute approximate surface area is 309 Å². The number of aliphatic hydroxyl groups is 7. The summed E-state index contributed by atoms with van der Waals surface area (Å²) in [5.41, 5.74) is 0. The van der Waals surface area contributed by atoms with E-state index in [-0.39, 0.29) is 19.6 Å². The lowest BCUT2D eigenvalue weighted by Gasteiger charge is -2.42. The molecule has 2 aliphatic rings. The van der Waals surface area contributed by atoms with Crippen LogP contribution in [0.5, 0.6) is 0 Å². The third-order valence-corrected chi connectivity index (χ3v) is 9.18. The first kappa shape index (κ1) is 46.6. The fourth-order valence-corrected chi connectivity index (χ4v) is 5.94. The zero-order valence-corrected chi connectivity index (χ0v) is 31.3. The summed E-state index contributed by atoms with van der Waals surface area (Å²) in [5.74, 6) is -0.435. The van der Waals surface area contributed by atoms with Crippen LogP contribution in [0.1, 0.15) is 110 Å². The summed E-state index contributed by atoms with van der Waals surface area (Å²) in [4.78, 5) is 12.3. The highest BCUT2D eigenvalue weighted by molar-refractivity contribution is 5.69. The van der Waals surface area contributed by atoms with Crippen molar-refractivity contribution in [2.24, 2.45) is 0 Å². The normalized spacial score (nSPS) is 30.3. The number of rotatable bonds is 28. The maximum Gasteiger partial charge on any atom is 0.306 e. The van der Waals surface area contributed by atoms with Crippen LogP contribution in [0.15, 0.2) is 24.3 Å². The molecule has 52 heavy (non-hydrogen) atoms. The molecular formula is C38H68O14. The number of hydrogen-bond acceptors (Lipinski definition) is 14. The van der Waals surface area contributed by atoms with Crippen molar-refractivity contribution in [2.75, 3.05) is 33.0 Å². The van der Waals surface area contributed by atoms with Crippen LogP contribution in [0, 0.1) is 0 Å². The van der Waals surface area contributed by atoms with Gasteiger partial charge in [0, 0.05) is 13.0 Å². The van der Waals surface area contributed by atoms with Gasteiger partial charge in [0.1, 0.15) is 54.9 Å². The van der Waals surface area contributed by atoms with Gasteiger partial charge in [-0.2, -0.15) is 0 Å². The molecule has 0 aromatic carbocycles. The molecule has 2 heterocycles. The van der Waals surface area contributed by atoms with E-state index in [4.69, 9.17) is 28.4 Å². The van der Waals surface area contributed by atoms with Crippen LogP contribution in [0.3, 0.4) is 0 Å². The third kappa shape index (κ3) is 17.7. The molecule has 2 rings (SSSR count). The molecular weight excluding hydrogens is 680 g/mol. The Morgan fingerprint density at radius 1 is 0.635 bits per heavy atom. The van der Waals surface area contributed by atoms with Crippen molar-refractivity contribution in [1.29, 1.82) is 0 Å². The third-order valence-electron chi connectivity index (χ3n) is 9.18. The number of unbranched alkanes of at least 4 members (excludes halogenated alkanes) is 10. The van der Waals surface area contributed by atoms with E-state index in [2.05, 4.69) is 31.2 Å². The summed E-state index contributed by atoms with van der Waals surface area (Å²) in [5, 5.41) is 71.1. The van der Waals surface area contributed by atoms with E-state index < -0.39 is 86.7 Å². The quantitative estimate of drug-likeness (QED) is 0.0348. The van der Waals surface area contributed by atoms with Crippen molar-refractivity contribution in [3.63, 3.8) is 0 Å². The van der Waals surface area contributed by atoms with Gasteiger partial charge in [-0.3, -0.25) is 4.79 Å². The molecule has 0 bridgehead atoms. The lowest BCUT2D eigenvalue weighted by atomic mass is 9.98. The summed E-state index contributed by atoms with van der Waals surface area (Å²) < 4.78 is 33.5. The minimum atomic E-state index is -1.70. The molecule has 0 aromatic rings. The first-order valence-corrected chi connectivity index (χ1v) is 19.4. The van der Waals surface area contributed by atoms with Crippen molar-refractivity contribution >= 4 is 5.97 Å². The second-order valence-electron chi connectivity index (χ2n) is 13.8. The molecule has 7 N–H and O–H groups in total. The molecule has 0 spiro atoms. The Bertz CT molecular complexity index is 964. The van der Waals surface area contributed by atoms with Crippen molar-refractivity contribution < 1.29 is 69.0 Å². The predicted octanol–water partition coefficient (Wildman–Crippen LogP) is 2.56. The van der Waals surface area contributed by atoms with E-state index in [1.165, 1.54) is 44.9 Å². The minimum absolute atomic E-state index is 0.0491. The zero-order chi connectivity index (χ0) is 38.1. The summed E-state index contributed by atoms with van der Waals surface area (Å²) in [6, 6.07) is 0.